The second-order valence-electron chi connectivity index (χ2n) is 3.94. The van der Waals surface area contributed by atoms with E-state index in [0.717, 1.165) is 6.92 Å². The molecule has 0 aliphatic carbocycles. The minimum atomic E-state index is -2.90. The molecule has 1 heterocycles. The number of nitrogens with one attached hydrogen (secondary N) is 1. The summed E-state index contributed by atoms with van der Waals surface area (Å²) in [5.41, 5.74) is 0. The van der Waals surface area contributed by atoms with Gasteiger partial charge in [0, 0.05) is 25.7 Å². The molecule has 0 saturated carbocycles. The molecule has 1 aliphatic rings. The number of alkyl halides is 2. The van der Waals surface area contributed by atoms with Crippen molar-refractivity contribution in [2.24, 2.45) is 0 Å². The molecule has 0 spiro atoms. The lowest BCUT2D eigenvalue weighted by atomic mass is 10.2. The Morgan fingerprint density at radius 1 is 1.64 bits per heavy atom. The summed E-state index contributed by atoms with van der Waals surface area (Å²) in [6.45, 7) is 4.44. The van der Waals surface area contributed by atoms with Gasteiger partial charge in [-0.05, 0) is 13.8 Å². The van der Waals surface area contributed by atoms with Gasteiger partial charge in [0.15, 0.2) is 0 Å². The van der Waals surface area contributed by atoms with E-state index >= 15 is 0 Å². The van der Waals surface area contributed by atoms with Crippen LogP contribution in [0.5, 0.6) is 0 Å². The largest absolute Gasteiger partial charge is 0.340 e. The number of rotatable bonds is 2. The Bertz CT molecular complexity index is 215. The third kappa shape index (κ3) is 3.57. The number of piperazine rings is 1. The molecule has 1 atom stereocenters. The van der Waals surface area contributed by atoms with E-state index in [-0.39, 0.29) is 6.04 Å². The van der Waals surface area contributed by atoms with Gasteiger partial charge in [-0.3, -0.25) is 4.79 Å². The summed E-state index contributed by atoms with van der Waals surface area (Å²) in [5, 5.41) is 3.15. The fourth-order valence-electron chi connectivity index (χ4n) is 1.54. The fourth-order valence-corrected chi connectivity index (χ4v) is 1.54. The summed E-state index contributed by atoms with van der Waals surface area (Å²) in [4.78, 5) is 12.9. The molecule has 1 amide bonds. The highest BCUT2D eigenvalue weighted by atomic mass is 19.3. The molecule has 1 fully saturated rings. The number of halogens is 2. The zero-order valence-electron chi connectivity index (χ0n) is 8.52. The zero-order chi connectivity index (χ0) is 10.8. The average molecular weight is 206 g/mol. The Hall–Kier alpha value is -0.710. The standard InChI is InChI=1S/C9H16F2N2O/c1-7-6-13(4-3-12-7)8(14)5-9(2,10)11/h7,12H,3-6H2,1-2H3/t7-/m0/s1. The van der Waals surface area contributed by atoms with E-state index in [1.807, 2.05) is 6.92 Å². The van der Waals surface area contributed by atoms with Gasteiger partial charge < -0.3 is 10.2 Å². The molecule has 0 radical (unpaired) electrons. The van der Waals surface area contributed by atoms with E-state index in [1.165, 1.54) is 4.90 Å². The summed E-state index contributed by atoms with van der Waals surface area (Å²) in [6, 6.07) is 0.193. The van der Waals surface area contributed by atoms with Crippen LogP contribution < -0.4 is 5.32 Å². The molecular weight excluding hydrogens is 190 g/mol. The normalized spacial score (nSPS) is 23.7. The third-order valence-corrected chi connectivity index (χ3v) is 2.18. The van der Waals surface area contributed by atoms with Crippen molar-refractivity contribution in [2.45, 2.75) is 32.2 Å². The molecule has 0 bridgehead atoms. The Morgan fingerprint density at radius 3 is 2.79 bits per heavy atom. The second kappa shape index (κ2) is 4.21. The Kier molecular flexibility index (Phi) is 3.42. The van der Waals surface area contributed by atoms with Crippen molar-refractivity contribution in [2.75, 3.05) is 19.6 Å². The molecule has 82 valence electrons. The van der Waals surface area contributed by atoms with Crippen LogP contribution in [0, 0.1) is 0 Å². The van der Waals surface area contributed by atoms with E-state index in [2.05, 4.69) is 5.32 Å². The first-order valence-corrected chi connectivity index (χ1v) is 4.77. The third-order valence-electron chi connectivity index (χ3n) is 2.18. The highest BCUT2D eigenvalue weighted by Gasteiger charge is 2.30. The van der Waals surface area contributed by atoms with Crippen molar-refractivity contribution in [3.8, 4) is 0 Å². The van der Waals surface area contributed by atoms with Gasteiger partial charge in [0.1, 0.15) is 0 Å². The van der Waals surface area contributed by atoms with Crippen molar-refractivity contribution in [3.05, 3.63) is 0 Å². The molecule has 5 heteroatoms. The fraction of sp³-hybridized carbons (Fsp3) is 0.889. The van der Waals surface area contributed by atoms with Gasteiger partial charge in [0.25, 0.3) is 5.92 Å². The molecule has 1 aliphatic heterocycles. The Balaban J connectivity index is 2.44. The molecule has 3 nitrogen and oxygen atoms in total. The summed E-state index contributed by atoms with van der Waals surface area (Å²) in [5.74, 6) is -3.35. The lowest BCUT2D eigenvalue weighted by Gasteiger charge is -2.32. The molecule has 1 rings (SSSR count). The summed E-state index contributed by atoms with van der Waals surface area (Å²) < 4.78 is 25.1. The van der Waals surface area contributed by atoms with Crippen LogP contribution in [0.1, 0.15) is 20.3 Å². The first-order chi connectivity index (χ1) is 6.38. The summed E-state index contributed by atoms with van der Waals surface area (Å²) >= 11 is 0. The van der Waals surface area contributed by atoms with Crippen LogP contribution >= 0.6 is 0 Å². The minimum absolute atomic E-state index is 0.193. The maximum atomic E-state index is 12.6. The number of amides is 1. The molecule has 1 N–H and O–H groups in total. The van der Waals surface area contributed by atoms with Gasteiger partial charge in [0.05, 0.1) is 6.42 Å². The van der Waals surface area contributed by atoms with Crippen LogP contribution in [-0.2, 0) is 4.79 Å². The predicted octanol–water partition coefficient (Wildman–Crippen LogP) is 0.852. The van der Waals surface area contributed by atoms with E-state index in [0.29, 0.717) is 19.6 Å². The lowest BCUT2D eigenvalue weighted by Crippen LogP contribution is -2.52. The van der Waals surface area contributed by atoms with Gasteiger partial charge in [-0.2, -0.15) is 0 Å². The molecule has 0 aromatic rings. The molecule has 0 aromatic carbocycles. The van der Waals surface area contributed by atoms with Gasteiger partial charge in [0.2, 0.25) is 5.91 Å². The first-order valence-electron chi connectivity index (χ1n) is 4.77. The van der Waals surface area contributed by atoms with E-state index in [4.69, 9.17) is 0 Å². The Morgan fingerprint density at radius 2 is 2.29 bits per heavy atom. The van der Waals surface area contributed by atoms with Crippen LogP contribution in [0.15, 0.2) is 0 Å². The van der Waals surface area contributed by atoms with E-state index < -0.39 is 18.3 Å². The molecule has 1 saturated heterocycles. The lowest BCUT2D eigenvalue weighted by molar-refractivity contribution is -0.138. The number of carbonyl (C=O) groups is 1. The molecule has 0 unspecified atom stereocenters. The van der Waals surface area contributed by atoms with Crippen LogP contribution in [-0.4, -0.2) is 42.4 Å². The quantitative estimate of drug-likeness (QED) is 0.726. The van der Waals surface area contributed by atoms with E-state index in [9.17, 15) is 13.6 Å². The highest BCUT2D eigenvalue weighted by Crippen LogP contribution is 2.18. The second-order valence-corrected chi connectivity index (χ2v) is 3.94. The maximum Gasteiger partial charge on any atom is 0.254 e. The smallest absolute Gasteiger partial charge is 0.254 e. The van der Waals surface area contributed by atoms with Gasteiger partial charge >= 0.3 is 0 Å². The number of hydrogen-bond donors (Lipinski definition) is 1. The van der Waals surface area contributed by atoms with Crippen LogP contribution in [0.2, 0.25) is 0 Å². The summed E-state index contributed by atoms with van der Waals surface area (Å²) in [6.07, 6.45) is -0.681. The van der Waals surface area contributed by atoms with Crippen molar-refractivity contribution in [3.63, 3.8) is 0 Å². The van der Waals surface area contributed by atoms with Crippen LogP contribution in [0.4, 0.5) is 8.78 Å². The first kappa shape index (κ1) is 11.4. The van der Waals surface area contributed by atoms with Crippen molar-refractivity contribution >= 4 is 5.91 Å². The number of nitrogens with zero attached hydrogens (tertiary/aromatic N) is 1. The Labute approximate surface area is 82.5 Å². The van der Waals surface area contributed by atoms with Crippen molar-refractivity contribution < 1.29 is 13.6 Å². The summed E-state index contributed by atoms with van der Waals surface area (Å²) in [7, 11) is 0. The average Bonchev–Trinajstić information content (AvgIpc) is 2.01. The predicted molar refractivity (Wildman–Crippen MR) is 49.3 cm³/mol. The highest BCUT2D eigenvalue weighted by molar-refractivity contribution is 5.77. The SMILES string of the molecule is C[C@H]1CN(C(=O)CC(C)(F)F)CCN1. The van der Waals surface area contributed by atoms with Gasteiger partial charge in [-0.25, -0.2) is 8.78 Å². The molecule has 14 heavy (non-hydrogen) atoms. The monoisotopic (exact) mass is 206 g/mol. The molecule has 0 aromatic heterocycles. The number of carbonyl (C=O) groups excluding carboxylic acids is 1. The van der Waals surface area contributed by atoms with Gasteiger partial charge in [-0.15, -0.1) is 0 Å². The zero-order valence-corrected chi connectivity index (χ0v) is 8.52. The van der Waals surface area contributed by atoms with Crippen molar-refractivity contribution in [1.82, 2.24) is 10.2 Å². The topological polar surface area (TPSA) is 32.3 Å². The van der Waals surface area contributed by atoms with E-state index in [1.54, 1.807) is 0 Å². The molecular formula is C9H16F2N2O. The number of hydrogen-bond acceptors (Lipinski definition) is 2. The van der Waals surface area contributed by atoms with Crippen LogP contribution in [0.3, 0.4) is 0 Å². The van der Waals surface area contributed by atoms with Gasteiger partial charge in [-0.1, -0.05) is 0 Å². The van der Waals surface area contributed by atoms with Crippen LogP contribution in [0.25, 0.3) is 0 Å². The van der Waals surface area contributed by atoms with Crippen molar-refractivity contribution in [1.29, 1.82) is 0 Å². The minimum Gasteiger partial charge on any atom is -0.340 e. The maximum absolute atomic E-state index is 12.6.